The molecule has 0 radical (unpaired) electrons. The molecule has 0 amide bonds. The van der Waals surface area contributed by atoms with Gasteiger partial charge < -0.3 is 15.4 Å². The second kappa shape index (κ2) is 9.99. The number of methoxy groups -OCH3 is 1. The van der Waals surface area contributed by atoms with Crippen molar-refractivity contribution in [1.29, 1.82) is 0 Å². The average molecular weight is 452 g/mol. The first-order valence-electron chi connectivity index (χ1n) is 11.1. The first-order chi connectivity index (χ1) is 16.8. The molecular formula is C26H25N7O. The summed E-state index contributed by atoms with van der Waals surface area (Å²) in [6.07, 6.45) is 6.21. The lowest BCUT2D eigenvalue weighted by molar-refractivity contribution is 0.414. The Kier molecular flexibility index (Phi) is 6.29. The molecule has 8 heteroatoms. The maximum atomic E-state index is 5.24. The predicted molar refractivity (Wildman–Crippen MR) is 133 cm³/mol. The van der Waals surface area contributed by atoms with Gasteiger partial charge in [-0.05, 0) is 47.9 Å². The lowest BCUT2D eigenvalue weighted by Crippen LogP contribution is -2.11. The standard InChI is InChI=1S/C26H25N7O/c1-34-22-11-9-19(10-12-22)13-15-28-24-23-25(33(18-30-23)21-7-3-2-4-8-21)32-26(31-24)29-17-20-6-5-14-27-16-20/h2-12,14,16,18H,13,15,17H2,1H3,(H2,28,29,31,32). The van der Waals surface area contributed by atoms with Gasteiger partial charge in [-0.25, -0.2) is 4.98 Å². The molecule has 0 fully saturated rings. The van der Waals surface area contributed by atoms with Crippen molar-refractivity contribution in [2.24, 2.45) is 0 Å². The Balaban J connectivity index is 1.41. The minimum Gasteiger partial charge on any atom is -0.497 e. The Morgan fingerprint density at radius 1 is 0.882 bits per heavy atom. The molecule has 34 heavy (non-hydrogen) atoms. The lowest BCUT2D eigenvalue weighted by Gasteiger charge is -2.11. The van der Waals surface area contributed by atoms with E-state index < -0.39 is 0 Å². The number of nitrogens with zero attached hydrogens (tertiary/aromatic N) is 5. The van der Waals surface area contributed by atoms with Crippen LogP contribution in [0.2, 0.25) is 0 Å². The molecule has 0 bridgehead atoms. The van der Waals surface area contributed by atoms with E-state index in [0.717, 1.165) is 34.6 Å². The van der Waals surface area contributed by atoms with Crippen LogP contribution in [0, 0.1) is 0 Å². The molecule has 8 nitrogen and oxygen atoms in total. The Bertz CT molecular complexity index is 1350. The van der Waals surface area contributed by atoms with Crippen LogP contribution in [0.25, 0.3) is 16.9 Å². The number of imidazole rings is 1. The second-order valence-corrected chi connectivity index (χ2v) is 7.76. The number of pyridine rings is 1. The summed E-state index contributed by atoms with van der Waals surface area (Å²) in [4.78, 5) is 18.3. The molecular weight excluding hydrogens is 426 g/mol. The van der Waals surface area contributed by atoms with Gasteiger partial charge in [0, 0.05) is 31.2 Å². The molecule has 0 saturated heterocycles. The van der Waals surface area contributed by atoms with Crippen molar-refractivity contribution in [3.63, 3.8) is 0 Å². The van der Waals surface area contributed by atoms with E-state index in [4.69, 9.17) is 14.7 Å². The van der Waals surface area contributed by atoms with Gasteiger partial charge in [-0.3, -0.25) is 9.55 Å². The summed E-state index contributed by atoms with van der Waals surface area (Å²) in [5, 5.41) is 6.78. The van der Waals surface area contributed by atoms with Gasteiger partial charge in [0.1, 0.15) is 12.1 Å². The molecule has 2 aromatic carbocycles. The van der Waals surface area contributed by atoms with E-state index in [0.29, 0.717) is 24.9 Å². The highest BCUT2D eigenvalue weighted by atomic mass is 16.5. The zero-order valence-electron chi connectivity index (χ0n) is 18.8. The van der Waals surface area contributed by atoms with E-state index in [1.807, 2.05) is 65.4 Å². The SMILES string of the molecule is COc1ccc(CCNc2nc(NCc3cccnc3)nc3c2ncn3-c2ccccc2)cc1. The Morgan fingerprint density at radius 2 is 1.74 bits per heavy atom. The summed E-state index contributed by atoms with van der Waals surface area (Å²) >= 11 is 0. The monoisotopic (exact) mass is 451 g/mol. The van der Waals surface area contributed by atoms with Gasteiger partial charge in [0.2, 0.25) is 5.95 Å². The quantitative estimate of drug-likeness (QED) is 0.341. The molecule has 5 aromatic rings. The molecule has 3 heterocycles. The van der Waals surface area contributed by atoms with Crippen LogP contribution in [0.5, 0.6) is 5.75 Å². The number of ether oxygens (including phenoxy) is 1. The topological polar surface area (TPSA) is 89.8 Å². The smallest absolute Gasteiger partial charge is 0.227 e. The third-order valence-electron chi connectivity index (χ3n) is 5.47. The highest BCUT2D eigenvalue weighted by Gasteiger charge is 2.14. The van der Waals surface area contributed by atoms with Crippen LogP contribution in [0.15, 0.2) is 85.5 Å². The Labute approximate surface area is 197 Å². The van der Waals surface area contributed by atoms with Crippen molar-refractivity contribution in [1.82, 2.24) is 24.5 Å². The van der Waals surface area contributed by atoms with E-state index in [-0.39, 0.29) is 0 Å². The van der Waals surface area contributed by atoms with E-state index in [1.165, 1.54) is 5.56 Å². The zero-order chi connectivity index (χ0) is 23.2. The highest BCUT2D eigenvalue weighted by Crippen LogP contribution is 2.24. The van der Waals surface area contributed by atoms with E-state index >= 15 is 0 Å². The van der Waals surface area contributed by atoms with Crippen molar-refractivity contribution in [3.8, 4) is 11.4 Å². The molecule has 0 aliphatic heterocycles. The van der Waals surface area contributed by atoms with Gasteiger partial charge in [0.15, 0.2) is 17.0 Å². The number of hydrogen-bond donors (Lipinski definition) is 2. The first-order valence-corrected chi connectivity index (χ1v) is 11.1. The Morgan fingerprint density at radius 3 is 2.50 bits per heavy atom. The highest BCUT2D eigenvalue weighted by molar-refractivity contribution is 5.85. The molecule has 0 atom stereocenters. The van der Waals surface area contributed by atoms with Crippen molar-refractivity contribution in [2.45, 2.75) is 13.0 Å². The molecule has 0 saturated carbocycles. The fourth-order valence-corrected chi connectivity index (χ4v) is 3.68. The maximum Gasteiger partial charge on any atom is 0.227 e. The van der Waals surface area contributed by atoms with Gasteiger partial charge in [-0.1, -0.05) is 36.4 Å². The summed E-state index contributed by atoms with van der Waals surface area (Å²) in [5.41, 5.74) is 4.72. The summed E-state index contributed by atoms with van der Waals surface area (Å²) in [7, 11) is 1.67. The van der Waals surface area contributed by atoms with Crippen molar-refractivity contribution in [2.75, 3.05) is 24.3 Å². The average Bonchev–Trinajstić information content (AvgIpc) is 3.33. The van der Waals surface area contributed by atoms with Gasteiger partial charge in [0.25, 0.3) is 0 Å². The summed E-state index contributed by atoms with van der Waals surface area (Å²) in [6, 6.07) is 22.1. The van der Waals surface area contributed by atoms with Crippen LogP contribution in [0.3, 0.4) is 0 Å². The zero-order valence-corrected chi connectivity index (χ0v) is 18.8. The fraction of sp³-hybridized carbons (Fsp3) is 0.154. The molecule has 0 unspecified atom stereocenters. The van der Waals surface area contributed by atoms with Crippen LogP contribution in [-0.4, -0.2) is 38.2 Å². The van der Waals surface area contributed by atoms with Crippen LogP contribution in [0.1, 0.15) is 11.1 Å². The fourth-order valence-electron chi connectivity index (χ4n) is 3.68. The number of hydrogen-bond acceptors (Lipinski definition) is 7. The second-order valence-electron chi connectivity index (χ2n) is 7.76. The summed E-state index contributed by atoms with van der Waals surface area (Å²) < 4.78 is 7.22. The maximum absolute atomic E-state index is 5.24. The van der Waals surface area contributed by atoms with Crippen molar-refractivity contribution in [3.05, 3.63) is 96.6 Å². The molecule has 0 spiro atoms. The van der Waals surface area contributed by atoms with Crippen LogP contribution >= 0.6 is 0 Å². The van der Waals surface area contributed by atoms with Crippen LogP contribution < -0.4 is 15.4 Å². The number of benzene rings is 2. The van der Waals surface area contributed by atoms with E-state index in [2.05, 4.69) is 32.7 Å². The number of rotatable bonds is 9. The van der Waals surface area contributed by atoms with Gasteiger partial charge in [-0.15, -0.1) is 0 Å². The first kappa shape index (κ1) is 21.4. The third-order valence-corrected chi connectivity index (χ3v) is 5.47. The summed E-state index contributed by atoms with van der Waals surface area (Å²) in [5.74, 6) is 2.08. The number of para-hydroxylation sites is 1. The minimum absolute atomic E-state index is 0.529. The Hall–Kier alpha value is -4.46. The normalized spacial score (nSPS) is 10.9. The van der Waals surface area contributed by atoms with Gasteiger partial charge >= 0.3 is 0 Å². The number of aromatic nitrogens is 5. The lowest BCUT2D eigenvalue weighted by atomic mass is 10.1. The number of anilines is 2. The third kappa shape index (κ3) is 4.80. The van der Waals surface area contributed by atoms with Crippen LogP contribution in [0.4, 0.5) is 11.8 Å². The van der Waals surface area contributed by atoms with Gasteiger partial charge in [0.05, 0.1) is 7.11 Å². The molecule has 0 aliphatic rings. The minimum atomic E-state index is 0.529. The molecule has 2 N–H and O–H groups in total. The van der Waals surface area contributed by atoms with Gasteiger partial charge in [-0.2, -0.15) is 9.97 Å². The molecule has 3 aromatic heterocycles. The number of nitrogens with one attached hydrogen (secondary N) is 2. The largest absolute Gasteiger partial charge is 0.497 e. The molecule has 0 aliphatic carbocycles. The molecule has 170 valence electrons. The predicted octanol–water partition coefficient (Wildman–Crippen LogP) is 4.49. The molecule has 5 rings (SSSR count). The van der Waals surface area contributed by atoms with Crippen molar-refractivity contribution >= 4 is 22.9 Å². The van der Waals surface area contributed by atoms with E-state index in [9.17, 15) is 0 Å². The number of fused-ring (bicyclic) bond motifs is 1. The van der Waals surface area contributed by atoms with Crippen molar-refractivity contribution < 1.29 is 4.74 Å². The van der Waals surface area contributed by atoms with Crippen LogP contribution in [-0.2, 0) is 13.0 Å². The van der Waals surface area contributed by atoms with E-state index in [1.54, 1.807) is 19.6 Å². The summed E-state index contributed by atoms with van der Waals surface area (Å²) in [6.45, 7) is 1.28.